The van der Waals surface area contributed by atoms with Gasteiger partial charge in [-0.3, -0.25) is 0 Å². The Morgan fingerprint density at radius 2 is 2.00 bits per heavy atom. The quantitative estimate of drug-likeness (QED) is 0.882. The van der Waals surface area contributed by atoms with Gasteiger partial charge >= 0.3 is 0 Å². The van der Waals surface area contributed by atoms with E-state index in [1.54, 1.807) is 24.5 Å². The summed E-state index contributed by atoms with van der Waals surface area (Å²) in [6.45, 7) is 1.88. The molecule has 0 fully saturated rings. The lowest BCUT2D eigenvalue weighted by Gasteiger charge is -2.09. The van der Waals surface area contributed by atoms with E-state index >= 15 is 0 Å². The second kappa shape index (κ2) is 5.01. The average molecular weight is 232 g/mol. The van der Waals surface area contributed by atoms with Gasteiger partial charge in [0.25, 0.3) is 0 Å². The molecule has 1 atom stereocenters. The fraction of sp³-hybridized carbons (Fsp3) is 0.231. The van der Waals surface area contributed by atoms with Crippen LogP contribution in [0.3, 0.4) is 0 Å². The molecule has 1 aromatic heterocycles. The lowest BCUT2D eigenvalue weighted by Crippen LogP contribution is -2.06. The van der Waals surface area contributed by atoms with E-state index in [4.69, 9.17) is 0 Å². The molecule has 0 amide bonds. The number of benzene rings is 1. The first-order valence-corrected chi connectivity index (χ1v) is 5.36. The van der Waals surface area contributed by atoms with E-state index in [1.165, 1.54) is 12.1 Å². The Balaban J connectivity index is 2.11. The van der Waals surface area contributed by atoms with Gasteiger partial charge in [-0.1, -0.05) is 12.1 Å². The first kappa shape index (κ1) is 11.7. The predicted molar refractivity (Wildman–Crippen MR) is 61.8 cm³/mol. The van der Waals surface area contributed by atoms with Gasteiger partial charge in [0.05, 0.1) is 0 Å². The monoisotopic (exact) mass is 232 g/mol. The minimum absolute atomic E-state index is 0.306. The van der Waals surface area contributed by atoms with Crippen molar-refractivity contribution in [1.82, 2.24) is 9.97 Å². The maximum Gasteiger partial charge on any atom is 0.157 e. The third kappa shape index (κ3) is 3.07. The summed E-state index contributed by atoms with van der Waals surface area (Å²) in [4.78, 5) is 8.08. The van der Waals surface area contributed by atoms with Gasteiger partial charge in [-0.2, -0.15) is 0 Å². The lowest BCUT2D eigenvalue weighted by molar-refractivity contribution is 0.168. The molecule has 0 bridgehead atoms. The number of aryl methyl sites for hydroxylation is 1. The van der Waals surface area contributed by atoms with Crippen LogP contribution in [0.2, 0.25) is 0 Å². The van der Waals surface area contributed by atoms with E-state index in [9.17, 15) is 9.50 Å². The van der Waals surface area contributed by atoms with Crippen molar-refractivity contribution in [1.29, 1.82) is 0 Å². The van der Waals surface area contributed by atoms with Crippen molar-refractivity contribution < 1.29 is 9.50 Å². The van der Waals surface area contributed by atoms with E-state index < -0.39 is 6.10 Å². The fourth-order valence-electron chi connectivity index (χ4n) is 1.55. The molecule has 4 heteroatoms. The van der Waals surface area contributed by atoms with E-state index in [0.29, 0.717) is 12.2 Å². The van der Waals surface area contributed by atoms with Gasteiger partial charge in [-0.15, -0.1) is 0 Å². The van der Waals surface area contributed by atoms with E-state index in [2.05, 4.69) is 9.97 Å². The summed E-state index contributed by atoms with van der Waals surface area (Å²) in [6, 6.07) is 6.16. The van der Waals surface area contributed by atoms with Crippen LogP contribution >= 0.6 is 0 Å². The highest BCUT2D eigenvalue weighted by molar-refractivity contribution is 5.18. The second-order valence-corrected chi connectivity index (χ2v) is 3.97. The van der Waals surface area contributed by atoms with Gasteiger partial charge in [-0.05, 0) is 30.2 Å². The van der Waals surface area contributed by atoms with Crippen LogP contribution in [0.1, 0.15) is 23.1 Å². The molecular weight excluding hydrogens is 219 g/mol. The number of hydrogen-bond donors (Lipinski definition) is 1. The number of halogens is 1. The smallest absolute Gasteiger partial charge is 0.157 e. The summed E-state index contributed by atoms with van der Waals surface area (Å²) in [7, 11) is 0. The Bertz CT molecular complexity index is 499. The van der Waals surface area contributed by atoms with Crippen molar-refractivity contribution in [2.75, 3.05) is 0 Å². The zero-order chi connectivity index (χ0) is 12.3. The Labute approximate surface area is 99.0 Å². The summed E-state index contributed by atoms with van der Waals surface area (Å²) in [5.74, 6) is 0.0550. The molecule has 88 valence electrons. The predicted octanol–water partition coefficient (Wildman–Crippen LogP) is 2.20. The Morgan fingerprint density at radius 1 is 1.29 bits per heavy atom. The SMILES string of the molecule is Cc1cnc(C(O)Cc2cccc(F)c2)nc1. The van der Waals surface area contributed by atoms with Crippen LogP contribution < -0.4 is 0 Å². The van der Waals surface area contributed by atoms with Crippen molar-refractivity contribution >= 4 is 0 Å². The molecule has 0 aliphatic heterocycles. The summed E-state index contributed by atoms with van der Waals surface area (Å²) in [5, 5.41) is 9.91. The molecule has 1 aromatic carbocycles. The zero-order valence-corrected chi connectivity index (χ0v) is 9.47. The highest BCUT2D eigenvalue weighted by Gasteiger charge is 2.11. The van der Waals surface area contributed by atoms with Gasteiger partial charge in [0.15, 0.2) is 5.82 Å². The average Bonchev–Trinajstić information content (AvgIpc) is 2.29. The summed E-state index contributed by atoms with van der Waals surface area (Å²) >= 11 is 0. The molecule has 3 nitrogen and oxygen atoms in total. The van der Waals surface area contributed by atoms with Crippen molar-refractivity contribution in [3.8, 4) is 0 Å². The number of aliphatic hydroxyl groups excluding tert-OH is 1. The van der Waals surface area contributed by atoms with E-state index in [-0.39, 0.29) is 5.82 Å². The highest BCUT2D eigenvalue weighted by atomic mass is 19.1. The number of rotatable bonds is 3. The molecule has 0 aliphatic rings. The summed E-state index contributed by atoms with van der Waals surface area (Å²) < 4.78 is 13.0. The summed E-state index contributed by atoms with van der Waals surface area (Å²) in [6.07, 6.45) is 2.80. The van der Waals surface area contributed by atoms with Crippen LogP contribution in [0.15, 0.2) is 36.7 Å². The standard InChI is InChI=1S/C13H13FN2O/c1-9-7-15-13(16-8-9)12(17)6-10-3-2-4-11(14)5-10/h2-5,7-8,12,17H,6H2,1H3. The number of aromatic nitrogens is 2. The molecular formula is C13H13FN2O. The van der Waals surface area contributed by atoms with Gasteiger partial charge in [0.1, 0.15) is 11.9 Å². The largest absolute Gasteiger partial charge is 0.385 e. The molecule has 2 rings (SSSR count). The zero-order valence-electron chi connectivity index (χ0n) is 9.47. The van der Waals surface area contributed by atoms with Crippen molar-refractivity contribution in [2.45, 2.75) is 19.4 Å². The normalized spacial score (nSPS) is 12.4. The number of nitrogens with zero attached hydrogens (tertiary/aromatic N) is 2. The van der Waals surface area contributed by atoms with Crippen LogP contribution in [0.4, 0.5) is 4.39 Å². The van der Waals surface area contributed by atoms with Crippen LogP contribution in [0, 0.1) is 12.7 Å². The van der Waals surface area contributed by atoms with Crippen LogP contribution in [0.5, 0.6) is 0 Å². The first-order valence-electron chi connectivity index (χ1n) is 5.36. The van der Waals surface area contributed by atoms with E-state index in [1.807, 2.05) is 6.92 Å². The van der Waals surface area contributed by atoms with Crippen LogP contribution in [0.25, 0.3) is 0 Å². The van der Waals surface area contributed by atoms with Crippen LogP contribution in [-0.4, -0.2) is 15.1 Å². The van der Waals surface area contributed by atoms with Gasteiger partial charge in [0.2, 0.25) is 0 Å². The fourth-order valence-corrected chi connectivity index (χ4v) is 1.55. The minimum Gasteiger partial charge on any atom is -0.385 e. The Hall–Kier alpha value is -1.81. The molecule has 1 heterocycles. The number of aliphatic hydroxyl groups is 1. The maximum absolute atomic E-state index is 13.0. The van der Waals surface area contributed by atoms with Crippen molar-refractivity contribution in [2.24, 2.45) is 0 Å². The third-order valence-electron chi connectivity index (χ3n) is 2.42. The van der Waals surface area contributed by atoms with Gasteiger partial charge < -0.3 is 5.11 Å². The Kier molecular flexibility index (Phi) is 3.44. The van der Waals surface area contributed by atoms with Gasteiger partial charge in [0, 0.05) is 18.8 Å². The maximum atomic E-state index is 13.0. The van der Waals surface area contributed by atoms with E-state index in [0.717, 1.165) is 11.1 Å². The second-order valence-electron chi connectivity index (χ2n) is 3.97. The Morgan fingerprint density at radius 3 is 2.65 bits per heavy atom. The van der Waals surface area contributed by atoms with Crippen molar-refractivity contribution in [3.05, 3.63) is 59.4 Å². The summed E-state index contributed by atoms with van der Waals surface area (Å²) in [5.41, 5.74) is 1.66. The minimum atomic E-state index is -0.808. The molecule has 2 aromatic rings. The molecule has 0 aliphatic carbocycles. The highest BCUT2D eigenvalue weighted by Crippen LogP contribution is 2.15. The first-order chi connectivity index (χ1) is 8.15. The molecule has 0 radical (unpaired) electrons. The number of hydrogen-bond acceptors (Lipinski definition) is 3. The molecule has 17 heavy (non-hydrogen) atoms. The third-order valence-corrected chi connectivity index (χ3v) is 2.42. The van der Waals surface area contributed by atoms with Crippen LogP contribution in [-0.2, 0) is 6.42 Å². The lowest BCUT2D eigenvalue weighted by atomic mass is 10.1. The molecule has 0 spiro atoms. The molecule has 1 unspecified atom stereocenters. The molecule has 1 N–H and O–H groups in total. The van der Waals surface area contributed by atoms with Crippen molar-refractivity contribution in [3.63, 3.8) is 0 Å². The molecule has 0 saturated carbocycles. The van der Waals surface area contributed by atoms with Gasteiger partial charge in [-0.25, -0.2) is 14.4 Å². The molecule has 0 saturated heterocycles. The topological polar surface area (TPSA) is 46.0 Å².